The number of hydrogen-bond donors (Lipinski definition) is 2. The molecule has 0 radical (unpaired) electrons. The Morgan fingerprint density at radius 3 is 2.55 bits per heavy atom. The number of benzene rings is 1. The molecule has 2 N–H and O–H groups in total. The summed E-state index contributed by atoms with van der Waals surface area (Å²) in [6, 6.07) is 9.23. The molecule has 1 heterocycles. The molecule has 156 valence electrons. The first-order chi connectivity index (χ1) is 13.7. The van der Waals surface area contributed by atoms with E-state index in [2.05, 4.69) is 15.6 Å². The second-order valence-corrected chi connectivity index (χ2v) is 7.69. The zero-order valence-electron chi connectivity index (χ0n) is 17.0. The number of carbonyl (C=O) groups excluding carboxylic acids is 2. The summed E-state index contributed by atoms with van der Waals surface area (Å²) in [5.74, 6) is -0.617. The Morgan fingerprint density at radius 1 is 1.17 bits per heavy atom. The number of anilines is 1. The maximum atomic E-state index is 12.2. The first-order valence-electron chi connectivity index (χ1n) is 9.29. The van der Waals surface area contributed by atoms with E-state index in [-0.39, 0.29) is 18.0 Å². The Balaban J connectivity index is 2.14. The van der Waals surface area contributed by atoms with E-state index in [1.807, 2.05) is 24.3 Å². The van der Waals surface area contributed by atoms with Crippen molar-refractivity contribution < 1.29 is 19.1 Å². The second kappa shape index (κ2) is 10.2. The monoisotopic (exact) mass is 419 g/mol. The van der Waals surface area contributed by atoms with Crippen molar-refractivity contribution >= 4 is 29.4 Å². The van der Waals surface area contributed by atoms with Gasteiger partial charge in [0.25, 0.3) is 0 Å². The average molecular weight is 420 g/mol. The van der Waals surface area contributed by atoms with E-state index >= 15 is 0 Å². The van der Waals surface area contributed by atoms with E-state index < -0.39 is 17.7 Å². The number of pyridine rings is 1. The van der Waals surface area contributed by atoms with Gasteiger partial charge >= 0.3 is 12.1 Å². The lowest BCUT2D eigenvalue weighted by atomic mass is 10.2. The number of amides is 1. The minimum absolute atomic E-state index is 0.0209. The molecule has 1 amide bonds. The zero-order valence-corrected chi connectivity index (χ0v) is 17.8. The number of esters is 1. The molecule has 0 aliphatic carbocycles. The number of ether oxygens (including phenoxy) is 2. The van der Waals surface area contributed by atoms with Gasteiger partial charge in [0.2, 0.25) is 0 Å². The highest BCUT2D eigenvalue weighted by atomic mass is 35.5. The van der Waals surface area contributed by atoms with Gasteiger partial charge in [-0.05, 0) is 51.0 Å². The summed E-state index contributed by atoms with van der Waals surface area (Å²) in [4.78, 5) is 28.5. The quantitative estimate of drug-likeness (QED) is 0.640. The first-order valence-corrected chi connectivity index (χ1v) is 9.67. The smallest absolute Gasteiger partial charge is 0.412 e. The van der Waals surface area contributed by atoms with Crippen molar-refractivity contribution in [1.29, 1.82) is 0 Å². The average Bonchev–Trinajstić information content (AvgIpc) is 2.62. The van der Waals surface area contributed by atoms with Crippen LogP contribution in [0.5, 0.6) is 0 Å². The van der Waals surface area contributed by atoms with Gasteiger partial charge in [-0.25, -0.2) is 14.6 Å². The largest absolute Gasteiger partial charge is 0.461 e. The van der Waals surface area contributed by atoms with Crippen LogP contribution in [0.2, 0.25) is 5.02 Å². The number of halogens is 1. The molecule has 0 saturated heterocycles. The zero-order chi connectivity index (χ0) is 21.4. The Labute approximate surface area is 175 Å². The number of rotatable bonds is 7. The Kier molecular flexibility index (Phi) is 7.99. The van der Waals surface area contributed by atoms with Gasteiger partial charge in [0.15, 0.2) is 5.69 Å². The molecule has 29 heavy (non-hydrogen) atoms. The highest BCUT2D eigenvalue weighted by molar-refractivity contribution is 6.31. The third-order valence-electron chi connectivity index (χ3n) is 3.65. The molecule has 2 aromatic rings. The minimum atomic E-state index is -0.675. The second-order valence-electron chi connectivity index (χ2n) is 7.28. The summed E-state index contributed by atoms with van der Waals surface area (Å²) in [5.41, 5.74) is 1.33. The molecule has 0 aliphatic heterocycles. The van der Waals surface area contributed by atoms with Crippen molar-refractivity contribution in [3.8, 4) is 0 Å². The van der Waals surface area contributed by atoms with Crippen LogP contribution < -0.4 is 10.6 Å². The highest BCUT2D eigenvalue weighted by Gasteiger charge is 2.21. The van der Waals surface area contributed by atoms with Crippen LogP contribution in [0, 0.1) is 0 Å². The molecule has 0 fully saturated rings. The van der Waals surface area contributed by atoms with Crippen molar-refractivity contribution in [2.24, 2.45) is 0 Å². The normalized spacial score (nSPS) is 11.1. The Hall–Kier alpha value is -2.64. The molecular weight excluding hydrogens is 394 g/mol. The molecule has 7 nitrogen and oxygen atoms in total. The standard InChI is InChI=1S/C21H26ClN3O4/c1-5-28-19(26)18-17(25-20(27)29-21(2,3)4)10-14(12-24-18)11-23-13-15-8-6-7-9-16(15)22/h6-10,12,23H,5,11,13H2,1-4H3,(H,25,27). The van der Waals surface area contributed by atoms with Gasteiger partial charge in [-0.15, -0.1) is 0 Å². The fourth-order valence-corrected chi connectivity index (χ4v) is 2.66. The van der Waals surface area contributed by atoms with E-state index in [4.69, 9.17) is 21.1 Å². The SMILES string of the molecule is CCOC(=O)c1ncc(CNCc2ccccc2Cl)cc1NC(=O)OC(C)(C)C. The molecule has 8 heteroatoms. The fraction of sp³-hybridized carbons (Fsp3) is 0.381. The summed E-state index contributed by atoms with van der Waals surface area (Å²) in [5, 5.41) is 6.54. The van der Waals surface area contributed by atoms with E-state index in [0.29, 0.717) is 18.1 Å². The summed E-state index contributed by atoms with van der Waals surface area (Å²) in [6.07, 6.45) is 0.887. The molecule has 1 aromatic heterocycles. The van der Waals surface area contributed by atoms with Crippen LogP contribution in [0.3, 0.4) is 0 Å². The number of aromatic nitrogens is 1. The molecule has 1 aromatic carbocycles. The molecule has 2 rings (SSSR count). The van der Waals surface area contributed by atoms with Crippen LogP contribution in [-0.2, 0) is 22.6 Å². The minimum Gasteiger partial charge on any atom is -0.461 e. The van der Waals surface area contributed by atoms with Gasteiger partial charge < -0.3 is 14.8 Å². The summed E-state index contributed by atoms with van der Waals surface area (Å²) in [6.45, 7) is 8.20. The Morgan fingerprint density at radius 2 is 1.90 bits per heavy atom. The van der Waals surface area contributed by atoms with Gasteiger partial charge in [-0.2, -0.15) is 0 Å². The summed E-state index contributed by atoms with van der Waals surface area (Å²) >= 11 is 6.16. The van der Waals surface area contributed by atoms with Gasteiger partial charge in [0, 0.05) is 24.3 Å². The first kappa shape index (κ1) is 22.6. The predicted octanol–water partition coefficient (Wildman–Crippen LogP) is 4.55. The molecule has 0 unspecified atom stereocenters. The van der Waals surface area contributed by atoms with Crippen LogP contribution in [0.15, 0.2) is 36.5 Å². The van der Waals surface area contributed by atoms with Gasteiger partial charge in [-0.1, -0.05) is 29.8 Å². The van der Waals surface area contributed by atoms with Crippen LogP contribution in [0.1, 0.15) is 49.3 Å². The van der Waals surface area contributed by atoms with Crippen LogP contribution in [0.4, 0.5) is 10.5 Å². The topological polar surface area (TPSA) is 89.5 Å². The molecule has 0 atom stereocenters. The number of nitrogens with one attached hydrogen (secondary N) is 2. The highest BCUT2D eigenvalue weighted by Crippen LogP contribution is 2.19. The number of carbonyl (C=O) groups is 2. The third-order valence-corrected chi connectivity index (χ3v) is 4.02. The van der Waals surface area contributed by atoms with Gasteiger partial charge in [0.05, 0.1) is 12.3 Å². The van der Waals surface area contributed by atoms with E-state index in [1.54, 1.807) is 40.0 Å². The van der Waals surface area contributed by atoms with Crippen molar-refractivity contribution in [2.75, 3.05) is 11.9 Å². The summed E-state index contributed by atoms with van der Waals surface area (Å²) < 4.78 is 10.3. The molecule has 0 aliphatic rings. The predicted molar refractivity (Wildman–Crippen MR) is 112 cm³/mol. The van der Waals surface area contributed by atoms with Crippen LogP contribution in [-0.4, -0.2) is 29.3 Å². The van der Waals surface area contributed by atoms with Crippen molar-refractivity contribution in [3.05, 3.63) is 58.4 Å². The van der Waals surface area contributed by atoms with Crippen molar-refractivity contribution in [2.45, 2.75) is 46.4 Å². The number of hydrogen-bond acceptors (Lipinski definition) is 6. The van der Waals surface area contributed by atoms with Crippen LogP contribution in [0.25, 0.3) is 0 Å². The summed E-state index contributed by atoms with van der Waals surface area (Å²) in [7, 11) is 0. The van der Waals surface area contributed by atoms with Crippen molar-refractivity contribution in [3.63, 3.8) is 0 Å². The number of nitrogens with zero attached hydrogens (tertiary/aromatic N) is 1. The van der Waals surface area contributed by atoms with E-state index in [1.165, 1.54) is 0 Å². The molecular formula is C21H26ClN3O4. The Bertz CT molecular complexity index is 865. The van der Waals surface area contributed by atoms with Gasteiger partial charge in [0.1, 0.15) is 5.60 Å². The van der Waals surface area contributed by atoms with Crippen LogP contribution >= 0.6 is 11.6 Å². The fourth-order valence-electron chi connectivity index (χ4n) is 2.46. The van der Waals surface area contributed by atoms with Gasteiger partial charge in [-0.3, -0.25) is 5.32 Å². The maximum absolute atomic E-state index is 12.2. The van der Waals surface area contributed by atoms with E-state index in [0.717, 1.165) is 11.1 Å². The lowest BCUT2D eigenvalue weighted by molar-refractivity contribution is 0.0521. The van der Waals surface area contributed by atoms with E-state index in [9.17, 15) is 9.59 Å². The lowest BCUT2D eigenvalue weighted by Gasteiger charge is -2.20. The lowest BCUT2D eigenvalue weighted by Crippen LogP contribution is -2.28. The molecule has 0 spiro atoms. The third kappa shape index (κ3) is 7.36. The van der Waals surface area contributed by atoms with Crippen molar-refractivity contribution in [1.82, 2.24) is 10.3 Å². The molecule has 0 bridgehead atoms. The maximum Gasteiger partial charge on any atom is 0.412 e. The molecule has 0 saturated carbocycles.